The van der Waals surface area contributed by atoms with E-state index < -0.39 is 5.97 Å². The number of aromatic nitrogens is 1. The van der Waals surface area contributed by atoms with Gasteiger partial charge in [0, 0.05) is 15.5 Å². The van der Waals surface area contributed by atoms with Gasteiger partial charge in [-0.2, -0.15) is 0 Å². The molecule has 0 saturated carbocycles. The summed E-state index contributed by atoms with van der Waals surface area (Å²) < 4.78 is 0.989. The highest BCUT2D eigenvalue weighted by atomic mass is 79.9. The van der Waals surface area contributed by atoms with Gasteiger partial charge >= 0.3 is 5.97 Å². The summed E-state index contributed by atoms with van der Waals surface area (Å²) in [6.07, 6.45) is 0. The molecule has 1 aromatic carbocycles. The molecular formula is C10H7BrN2O2S. The molecule has 0 amide bonds. The van der Waals surface area contributed by atoms with Crippen LogP contribution in [0.2, 0.25) is 0 Å². The quantitative estimate of drug-likeness (QED) is 0.912. The lowest BCUT2D eigenvalue weighted by molar-refractivity contribution is 0.0691. The second-order valence-electron chi connectivity index (χ2n) is 2.97. The zero-order valence-electron chi connectivity index (χ0n) is 7.98. The number of nitrogens with one attached hydrogen (secondary N) is 1. The Hall–Kier alpha value is -1.40. The standard InChI is InChI=1S/C10H7BrN2O2S/c11-6-1-3-7(4-2-6)12-10-13-8(5-16-10)9(14)15/h1-5H,(H,12,13)(H,14,15). The van der Waals surface area contributed by atoms with Crippen molar-refractivity contribution < 1.29 is 9.90 Å². The summed E-state index contributed by atoms with van der Waals surface area (Å²) in [5, 5.41) is 13.8. The number of thiazole rings is 1. The molecule has 0 saturated heterocycles. The van der Waals surface area contributed by atoms with Crippen LogP contribution >= 0.6 is 27.3 Å². The van der Waals surface area contributed by atoms with Crippen LogP contribution in [0.3, 0.4) is 0 Å². The number of benzene rings is 1. The molecule has 0 aliphatic carbocycles. The van der Waals surface area contributed by atoms with Crippen molar-refractivity contribution >= 4 is 44.1 Å². The number of carboxylic acid groups (broad SMARTS) is 1. The van der Waals surface area contributed by atoms with Crippen LogP contribution in [0.5, 0.6) is 0 Å². The van der Waals surface area contributed by atoms with E-state index >= 15 is 0 Å². The highest BCUT2D eigenvalue weighted by Crippen LogP contribution is 2.22. The molecule has 6 heteroatoms. The molecule has 2 rings (SSSR count). The van der Waals surface area contributed by atoms with Crippen molar-refractivity contribution in [3.63, 3.8) is 0 Å². The number of halogens is 1. The average molecular weight is 299 g/mol. The zero-order chi connectivity index (χ0) is 11.5. The minimum atomic E-state index is -1.01. The first-order chi connectivity index (χ1) is 7.65. The van der Waals surface area contributed by atoms with E-state index in [-0.39, 0.29) is 5.69 Å². The van der Waals surface area contributed by atoms with Gasteiger partial charge in [0.2, 0.25) is 0 Å². The second-order valence-corrected chi connectivity index (χ2v) is 4.75. The van der Waals surface area contributed by atoms with Gasteiger partial charge in [-0.05, 0) is 24.3 Å². The summed E-state index contributed by atoms with van der Waals surface area (Å²) in [4.78, 5) is 14.5. The molecule has 4 nitrogen and oxygen atoms in total. The normalized spacial score (nSPS) is 10.1. The van der Waals surface area contributed by atoms with Crippen LogP contribution in [0, 0.1) is 0 Å². The number of hydrogen-bond donors (Lipinski definition) is 2. The van der Waals surface area contributed by atoms with Crippen molar-refractivity contribution in [1.82, 2.24) is 4.98 Å². The van der Waals surface area contributed by atoms with Gasteiger partial charge in [-0.3, -0.25) is 0 Å². The van der Waals surface area contributed by atoms with Crippen molar-refractivity contribution in [1.29, 1.82) is 0 Å². The van der Waals surface area contributed by atoms with Gasteiger partial charge in [0.15, 0.2) is 10.8 Å². The van der Waals surface area contributed by atoms with Crippen LogP contribution in [-0.2, 0) is 0 Å². The molecular weight excluding hydrogens is 292 g/mol. The fourth-order valence-corrected chi connectivity index (χ4v) is 2.06. The lowest BCUT2D eigenvalue weighted by Gasteiger charge is -2.01. The molecule has 1 aromatic heterocycles. The molecule has 0 spiro atoms. The Labute approximate surface area is 104 Å². The molecule has 0 aliphatic heterocycles. The van der Waals surface area contributed by atoms with Crippen molar-refractivity contribution in [3.05, 3.63) is 39.8 Å². The minimum Gasteiger partial charge on any atom is -0.476 e. The van der Waals surface area contributed by atoms with Crippen molar-refractivity contribution in [3.8, 4) is 0 Å². The first kappa shape index (κ1) is 11.1. The van der Waals surface area contributed by atoms with Crippen LogP contribution in [0.25, 0.3) is 0 Å². The Balaban J connectivity index is 2.14. The number of hydrogen-bond acceptors (Lipinski definition) is 4. The molecule has 2 N–H and O–H groups in total. The monoisotopic (exact) mass is 298 g/mol. The van der Waals surface area contributed by atoms with Crippen molar-refractivity contribution in [2.24, 2.45) is 0 Å². The van der Waals surface area contributed by atoms with E-state index in [9.17, 15) is 4.79 Å². The predicted octanol–water partition coefficient (Wildman–Crippen LogP) is 3.35. The van der Waals surface area contributed by atoms with E-state index in [1.165, 1.54) is 16.7 Å². The van der Waals surface area contributed by atoms with Crippen LogP contribution < -0.4 is 5.32 Å². The average Bonchev–Trinajstić information content (AvgIpc) is 2.70. The molecule has 0 fully saturated rings. The molecule has 2 aromatic rings. The number of nitrogens with zero attached hydrogens (tertiary/aromatic N) is 1. The predicted molar refractivity (Wildman–Crippen MR) is 66.5 cm³/mol. The lowest BCUT2D eigenvalue weighted by Crippen LogP contribution is -1.97. The molecule has 0 radical (unpaired) electrons. The Kier molecular flexibility index (Phi) is 3.21. The van der Waals surface area contributed by atoms with E-state index in [0.717, 1.165) is 10.2 Å². The van der Waals surface area contributed by atoms with Gasteiger partial charge in [-0.25, -0.2) is 9.78 Å². The highest BCUT2D eigenvalue weighted by molar-refractivity contribution is 9.10. The summed E-state index contributed by atoms with van der Waals surface area (Å²) in [5.74, 6) is -1.01. The SMILES string of the molecule is O=C(O)c1csc(Nc2ccc(Br)cc2)n1. The number of carboxylic acids is 1. The molecule has 1 heterocycles. The van der Waals surface area contributed by atoms with Gasteiger partial charge in [0.05, 0.1) is 0 Å². The maximum Gasteiger partial charge on any atom is 0.355 e. The molecule has 16 heavy (non-hydrogen) atoms. The Morgan fingerprint density at radius 1 is 1.38 bits per heavy atom. The molecule has 0 atom stereocenters. The molecule has 0 bridgehead atoms. The third kappa shape index (κ3) is 2.59. The zero-order valence-corrected chi connectivity index (χ0v) is 10.4. The fourth-order valence-electron chi connectivity index (χ4n) is 1.09. The maximum absolute atomic E-state index is 10.6. The van der Waals surface area contributed by atoms with Gasteiger partial charge in [-0.15, -0.1) is 11.3 Å². The van der Waals surface area contributed by atoms with E-state index in [2.05, 4.69) is 26.2 Å². The van der Waals surface area contributed by atoms with Crippen molar-refractivity contribution in [2.45, 2.75) is 0 Å². The fraction of sp³-hybridized carbons (Fsp3) is 0. The number of rotatable bonds is 3. The lowest BCUT2D eigenvalue weighted by atomic mass is 10.3. The van der Waals surface area contributed by atoms with Gasteiger partial charge in [0.25, 0.3) is 0 Å². The molecule has 82 valence electrons. The second kappa shape index (κ2) is 4.63. The molecule has 0 aliphatic rings. The third-order valence-corrected chi connectivity index (χ3v) is 3.11. The van der Waals surface area contributed by atoms with Crippen LogP contribution in [-0.4, -0.2) is 16.1 Å². The maximum atomic E-state index is 10.6. The summed E-state index contributed by atoms with van der Waals surface area (Å²) >= 11 is 4.60. The summed E-state index contributed by atoms with van der Waals surface area (Å²) in [6.45, 7) is 0. The Morgan fingerprint density at radius 3 is 2.62 bits per heavy atom. The third-order valence-electron chi connectivity index (χ3n) is 1.82. The van der Waals surface area contributed by atoms with Crippen LogP contribution in [0.4, 0.5) is 10.8 Å². The van der Waals surface area contributed by atoms with Crippen LogP contribution in [0.1, 0.15) is 10.5 Å². The highest BCUT2D eigenvalue weighted by Gasteiger charge is 2.08. The number of carbonyl (C=O) groups is 1. The van der Waals surface area contributed by atoms with Crippen LogP contribution in [0.15, 0.2) is 34.1 Å². The largest absolute Gasteiger partial charge is 0.476 e. The first-order valence-corrected chi connectivity index (χ1v) is 6.04. The number of anilines is 2. The van der Waals surface area contributed by atoms with Gasteiger partial charge < -0.3 is 10.4 Å². The summed E-state index contributed by atoms with van der Waals surface area (Å²) in [5.41, 5.74) is 0.930. The first-order valence-electron chi connectivity index (χ1n) is 4.36. The van der Waals surface area contributed by atoms with Crippen molar-refractivity contribution in [2.75, 3.05) is 5.32 Å². The smallest absolute Gasteiger partial charge is 0.355 e. The molecule has 0 unspecified atom stereocenters. The minimum absolute atomic E-state index is 0.0598. The Bertz CT molecular complexity index is 510. The topological polar surface area (TPSA) is 62.2 Å². The van der Waals surface area contributed by atoms with E-state index in [1.807, 2.05) is 24.3 Å². The Morgan fingerprint density at radius 2 is 2.06 bits per heavy atom. The number of aromatic carboxylic acids is 1. The van der Waals surface area contributed by atoms with Gasteiger partial charge in [-0.1, -0.05) is 15.9 Å². The van der Waals surface area contributed by atoms with Gasteiger partial charge in [0.1, 0.15) is 0 Å². The van der Waals surface area contributed by atoms with E-state index in [0.29, 0.717) is 5.13 Å². The van der Waals surface area contributed by atoms with E-state index in [4.69, 9.17) is 5.11 Å². The summed E-state index contributed by atoms with van der Waals surface area (Å²) in [6, 6.07) is 7.56. The summed E-state index contributed by atoms with van der Waals surface area (Å²) in [7, 11) is 0. The van der Waals surface area contributed by atoms with E-state index in [1.54, 1.807) is 0 Å².